The van der Waals surface area contributed by atoms with Crippen molar-refractivity contribution in [3.05, 3.63) is 33.9 Å². The molecule has 22 heavy (non-hydrogen) atoms. The molecule has 0 radical (unpaired) electrons. The van der Waals surface area contributed by atoms with Gasteiger partial charge < -0.3 is 15.8 Å². The molecule has 2 rings (SSSR count). The number of nitrogens with one attached hydrogen (secondary N) is 1. The van der Waals surface area contributed by atoms with Crippen LogP contribution < -0.4 is 15.8 Å². The zero-order valence-corrected chi connectivity index (χ0v) is 12.6. The summed E-state index contributed by atoms with van der Waals surface area (Å²) < 4.78 is 5.21. The second-order valence-corrected chi connectivity index (χ2v) is 5.46. The van der Waals surface area contributed by atoms with Gasteiger partial charge in [-0.1, -0.05) is 0 Å². The molecule has 0 atom stereocenters. The first-order valence-electron chi connectivity index (χ1n) is 7.49. The minimum atomic E-state index is -0.540. The maximum atomic E-state index is 12.2. The van der Waals surface area contributed by atoms with E-state index in [1.165, 1.54) is 12.1 Å². The van der Waals surface area contributed by atoms with Gasteiger partial charge in [0.25, 0.3) is 5.91 Å². The third-order valence-corrected chi connectivity index (χ3v) is 3.82. The number of hydrogen-bond donors (Lipinski definition) is 2. The first-order valence-corrected chi connectivity index (χ1v) is 7.49. The van der Waals surface area contributed by atoms with E-state index in [9.17, 15) is 14.9 Å². The first-order chi connectivity index (χ1) is 10.5. The number of nitrogens with zero attached hydrogens (tertiary/aromatic N) is 1. The zero-order chi connectivity index (χ0) is 16.1. The van der Waals surface area contributed by atoms with Gasteiger partial charge in [-0.15, -0.1) is 0 Å². The van der Waals surface area contributed by atoms with Gasteiger partial charge in [0.15, 0.2) is 5.75 Å². The van der Waals surface area contributed by atoms with Crippen molar-refractivity contribution in [1.82, 2.24) is 5.32 Å². The summed E-state index contributed by atoms with van der Waals surface area (Å²) in [5, 5.41) is 14.0. The Bertz CT molecular complexity index is 554. The van der Waals surface area contributed by atoms with Gasteiger partial charge in [0, 0.05) is 23.7 Å². The van der Waals surface area contributed by atoms with Gasteiger partial charge >= 0.3 is 5.69 Å². The standard InChI is InChI=1S/C15H21N3O4/c1-2-22-14-8-3-10(9-13(14)18(20)21)15(19)17-12-6-4-11(16)5-7-12/h3,8-9,11-12H,2,4-7,16H2,1H3,(H,17,19). The van der Waals surface area contributed by atoms with E-state index >= 15 is 0 Å². The molecule has 0 unspecified atom stereocenters. The summed E-state index contributed by atoms with van der Waals surface area (Å²) in [6.45, 7) is 2.08. The van der Waals surface area contributed by atoms with Crippen LogP contribution in [0.4, 0.5) is 5.69 Å². The Balaban J connectivity index is 2.09. The average Bonchev–Trinajstić information content (AvgIpc) is 2.50. The Morgan fingerprint density at radius 3 is 2.68 bits per heavy atom. The fourth-order valence-electron chi connectivity index (χ4n) is 2.61. The van der Waals surface area contributed by atoms with Gasteiger partial charge in [-0.3, -0.25) is 14.9 Å². The van der Waals surface area contributed by atoms with Gasteiger partial charge in [-0.05, 0) is 44.7 Å². The Labute approximate surface area is 129 Å². The third-order valence-electron chi connectivity index (χ3n) is 3.82. The SMILES string of the molecule is CCOc1ccc(C(=O)NC2CCC(N)CC2)cc1[N+](=O)[O-]. The van der Waals surface area contributed by atoms with E-state index in [1.54, 1.807) is 13.0 Å². The molecular weight excluding hydrogens is 286 g/mol. The second kappa shape index (κ2) is 7.22. The third kappa shape index (κ3) is 3.94. The Morgan fingerprint density at radius 2 is 2.09 bits per heavy atom. The van der Waals surface area contributed by atoms with Crippen molar-refractivity contribution in [2.75, 3.05) is 6.61 Å². The normalized spacial score (nSPS) is 21.2. The molecule has 1 amide bonds. The molecule has 7 heteroatoms. The van der Waals surface area contributed by atoms with Crippen LogP contribution in [-0.2, 0) is 0 Å². The predicted octanol–water partition coefficient (Wildman–Crippen LogP) is 1.99. The van der Waals surface area contributed by atoms with Gasteiger partial charge in [-0.2, -0.15) is 0 Å². The molecule has 1 aromatic carbocycles. The largest absolute Gasteiger partial charge is 0.487 e. The lowest BCUT2D eigenvalue weighted by molar-refractivity contribution is -0.385. The number of carbonyl (C=O) groups is 1. The van der Waals surface area contributed by atoms with E-state index in [2.05, 4.69) is 5.32 Å². The number of ether oxygens (including phenoxy) is 1. The van der Waals surface area contributed by atoms with Crippen LogP contribution in [-0.4, -0.2) is 29.5 Å². The summed E-state index contributed by atoms with van der Waals surface area (Å²) in [6.07, 6.45) is 3.45. The van der Waals surface area contributed by atoms with Crippen LogP contribution in [0, 0.1) is 10.1 Å². The van der Waals surface area contributed by atoms with E-state index in [0.717, 1.165) is 25.7 Å². The molecule has 0 aliphatic heterocycles. The van der Waals surface area contributed by atoms with Gasteiger partial charge in [0.2, 0.25) is 0 Å². The number of benzene rings is 1. The van der Waals surface area contributed by atoms with Crippen molar-refractivity contribution < 1.29 is 14.5 Å². The number of rotatable bonds is 5. The van der Waals surface area contributed by atoms with Crippen LogP contribution in [0.2, 0.25) is 0 Å². The van der Waals surface area contributed by atoms with Crippen molar-refractivity contribution >= 4 is 11.6 Å². The van der Waals surface area contributed by atoms with Gasteiger partial charge in [-0.25, -0.2) is 0 Å². The average molecular weight is 307 g/mol. The van der Waals surface area contributed by atoms with Gasteiger partial charge in [0.1, 0.15) is 0 Å². The van der Waals surface area contributed by atoms with Crippen LogP contribution in [0.15, 0.2) is 18.2 Å². The molecular formula is C15H21N3O4. The molecule has 1 aliphatic rings. The highest BCUT2D eigenvalue weighted by Crippen LogP contribution is 2.28. The number of hydrogen-bond acceptors (Lipinski definition) is 5. The summed E-state index contributed by atoms with van der Waals surface area (Å²) in [5.41, 5.74) is 5.91. The number of nitrogens with two attached hydrogens (primary N) is 1. The molecule has 1 aliphatic carbocycles. The fraction of sp³-hybridized carbons (Fsp3) is 0.533. The molecule has 7 nitrogen and oxygen atoms in total. The summed E-state index contributed by atoms with van der Waals surface area (Å²) in [7, 11) is 0. The number of amides is 1. The van der Waals surface area contributed by atoms with E-state index in [-0.39, 0.29) is 35.0 Å². The monoisotopic (exact) mass is 307 g/mol. The summed E-state index contributed by atoms with van der Waals surface area (Å²) >= 11 is 0. The zero-order valence-electron chi connectivity index (χ0n) is 12.6. The smallest absolute Gasteiger partial charge is 0.311 e. The highest BCUT2D eigenvalue weighted by molar-refractivity contribution is 5.95. The van der Waals surface area contributed by atoms with Gasteiger partial charge in [0.05, 0.1) is 11.5 Å². The summed E-state index contributed by atoms with van der Waals surface area (Å²) in [6, 6.07) is 4.56. The fourth-order valence-corrected chi connectivity index (χ4v) is 2.61. The van der Waals surface area contributed by atoms with E-state index in [1.807, 2.05) is 0 Å². The molecule has 1 aromatic rings. The molecule has 0 heterocycles. The Hall–Kier alpha value is -2.15. The van der Waals surface area contributed by atoms with Crippen LogP contribution in [0.1, 0.15) is 43.0 Å². The predicted molar refractivity (Wildman–Crippen MR) is 82.0 cm³/mol. The van der Waals surface area contributed by atoms with Crippen molar-refractivity contribution in [1.29, 1.82) is 0 Å². The van der Waals surface area contributed by atoms with Crippen LogP contribution in [0.5, 0.6) is 5.75 Å². The van der Waals surface area contributed by atoms with E-state index < -0.39 is 4.92 Å². The first kappa shape index (κ1) is 16.2. The minimum absolute atomic E-state index is 0.0814. The maximum absolute atomic E-state index is 12.2. The molecule has 0 bridgehead atoms. The summed E-state index contributed by atoms with van der Waals surface area (Å²) in [4.78, 5) is 22.8. The Morgan fingerprint density at radius 1 is 1.41 bits per heavy atom. The minimum Gasteiger partial charge on any atom is -0.487 e. The number of nitro groups is 1. The molecule has 3 N–H and O–H groups in total. The number of nitro benzene ring substituents is 1. The van der Waals surface area contributed by atoms with Crippen molar-refractivity contribution in [2.45, 2.75) is 44.7 Å². The Kier molecular flexibility index (Phi) is 5.32. The maximum Gasteiger partial charge on any atom is 0.311 e. The molecule has 0 spiro atoms. The lowest BCUT2D eigenvalue weighted by atomic mass is 9.91. The molecule has 1 saturated carbocycles. The highest BCUT2D eigenvalue weighted by atomic mass is 16.6. The summed E-state index contributed by atoms with van der Waals surface area (Å²) in [5.74, 6) is -0.126. The van der Waals surface area contributed by atoms with Crippen LogP contribution in [0.25, 0.3) is 0 Å². The highest BCUT2D eigenvalue weighted by Gasteiger charge is 2.23. The van der Waals surface area contributed by atoms with Crippen LogP contribution >= 0.6 is 0 Å². The lowest BCUT2D eigenvalue weighted by Crippen LogP contribution is -2.40. The quantitative estimate of drug-likeness (QED) is 0.639. The van der Waals surface area contributed by atoms with E-state index in [0.29, 0.717) is 6.61 Å². The van der Waals surface area contributed by atoms with E-state index in [4.69, 9.17) is 10.5 Å². The van der Waals surface area contributed by atoms with Crippen molar-refractivity contribution in [3.8, 4) is 5.75 Å². The van der Waals surface area contributed by atoms with Crippen LogP contribution in [0.3, 0.4) is 0 Å². The molecule has 0 saturated heterocycles. The van der Waals surface area contributed by atoms with Crippen molar-refractivity contribution in [3.63, 3.8) is 0 Å². The molecule has 0 aromatic heterocycles. The molecule has 1 fully saturated rings. The number of carbonyl (C=O) groups excluding carboxylic acids is 1. The van der Waals surface area contributed by atoms with Crippen molar-refractivity contribution in [2.24, 2.45) is 5.73 Å². The molecule has 120 valence electrons. The lowest BCUT2D eigenvalue weighted by Gasteiger charge is -2.26. The topological polar surface area (TPSA) is 107 Å². The second-order valence-electron chi connectivity index (χ2n) is 5.46.